The molecule has 4 nitrogen and oxygen atoms in total. The average molecular weight is 268 g/mol. The van der Waals surface area contributed by atoms with Crippen LogP contribution >= 0.6 is 0 Å². The molecule has 0 bridgehead atoms. The van der Waals surface area contributed by atoms with Crippen LogP contribution in [-0.2, 0) is 0 Å². The summed E-state index contributed by atoms with van der Waals surface area (Å²) in [6.45, 7) is 1.96. The summed E-state index contributed by atoms with van der Waals surface area (Å²) in [6, 6.07) is 14.7. The molecule has 0 aromatic heterocycles. The van der Waals surface area contributed by atoms with Gasteiger partial charge in [0.15, 0.2) is 0 Å². The van der Waals surface area contributed by atoms with Crippen LogP contribution < -0.4 is 10.2 Å². The summed E-state index contributed by atoms with van der Waals surface area (Å²) in [4.78, 5) is 11.8. The number of nitrogens with zero attached hydrogens (tertiary/aromatic N) is 1. The summed E-state index contributed by atoms with van der Waals surface area (Å²) in [7, 11) is 1.64. The van der Waals surface area contributed by atoms with E-state index in [1.807, 2.05) is 43.3 Å². The monoisotopic (exact) mass is 268 g/mol. The third-order valence-electron chi connectivity index (χ3n) is 2.83. The molecule has 0 atom stereocenters. The lowest BCUT2D eigenvalue weighted by molar-refractivity contribution is 0.0955. The molecule has 0 fully saturated rings. The molecule has 20 heavy (non-hydrogen) atoms. The topological polar surface area (TPSA) is 50.7 Å². The molecule has 0 saturated carbocycles. The van der Waals surface area contributed by atoms with Gasteiger partial charge in [0.1, 0.15) is 5.75 Å². The first kappa shape index (κ1) is 13.8. The van der Waals surface area contributed by atoms with Crippen molar-refractivity contribution in [1.29, 1.82) is 0 Å². The Kier molecular flexibility index (Phi) is 4.50. The van der Waals surface area contributed by atoms with Gasteiger partial charge in [0.2, 0.25) is 0 Å². The van der Waals surface area contributed by atoms with Crippen molar-refractivity contribution in [3.05, 3.63) is 65.2 Å². The second-order valence-corrected chi connectivity index (χ2v) is 4.29. The van der Waals surface area contributed by atoms with Crippen LogP contribution in [0, 0.1) is 6.92 Å². The maximum absolute atomic E-state index is 11.8. The fourth-order valence-corrected chi connectivity index (χ4v) is 1.80. The first-order valence-electron chi connectivity index (χ1n) is 6.24. The normalized spacial score (nSPS) is 10.5. The number of methoxy groups -OCH3 is 1. The molecule has 2 aromatic rings. The third kappa shape index (κ3) is 3.45. The van der Waals surface area contributed by atoms with E-state index in [9.17, 15) is 4.79 Å². The van der Waals surface area contributed by atoms with Gasteiger partial charge in [0.25, 0.3) is 5.91 Å². The van der Waals surface area contributed by atoms with Crippen LogP contribution in [0.5, 0.6) is 5.75 Å². The largest absolute Gasteiger partial charge is 0.496 e. The number of nitrogens with one attached hydrogen (secondary N) is 1. The van der Waals surface area contributed by atoms with Crippen molar-refractivity contribution >= 4 is 12.1 Å². The van der Waals surface area contributed by atoms with Crippen molar-refractivity contribution in [3.63, 3.8) is 0 Å². The minimum absolute atomic E-state index is 0.230. The van der Waals surface area contributed by atoms with Crippen LogP contribution in [-0.4, -0.2) is 19.2 Å². The smallest absolute Gasteiger partial charge is 0.271 e. The fraction of sp³-hybridized carbons (Fsp3) is 0.125. The minimum atomic E-state index is -0.230. The summed E-state index contributed by atoms with van der Waals surface area (Å²) >= 11 is 0. The van der Waals surface area contributed by atoms with Crippen LogP contribution in [0.3, 0.4) is 0 Å². The molecule has 0 aliphatic heterocycles. The molecule has 2 aromatic carbocycles. The van der Waals surface area contributed by atoms with Gasteiger partial charge in [-0.05, 0) is 48.4 Å². The molecular formula is C16H16N2O2. The zero-order valence-electron chi connectivity index (χ0n) is 11.5. The zero-order valence-corrected chi connectivity index (χ0v) is 11.5. The summed E-state index contributed by atoms with van der Waals surface area (Å²) in [5, 5.41) is 3.95. The van der Waals surface area contributed by atoms with E-state index in [4.69, 9.17) is 4.74 Å². The molecule has 0 radical (unpaired) electrons. The molecule has 0 spiro atoms. The molecule has 1 N–H and O–H groups in total. The maximum atomic E-state index is 11.8. The highest BCUT2D eigenvalue weighted by Crippen LogP contribution is 2.17. The van der Waals surface area contributed by atoms with E-state index in [1.54, 1.807) is 25.5 Å². The van der Waals surface area contributed by atoms with Crippen molar-refractivity contribution in [3.8, 4) is 5.75 Å². The Morgan fingerprint density at radius 3 is 2.60 bits per heavy atom. The van der Waals surface area contributed by atoms with Gasteiger partial charge in [-0.1, -0.05) is 18.2 Å². The average Bonchev–Trinajstić information content (AvgIpc) is 2.48. The lowest BCUT2D eigenvalue weighted by Crippen LogP contribution is -2.17. The quantitative estimate of drug-likeness (QED) is 0.684. The molecule has 0 heterocycles. The number of benzene rings is 2. The summed E-state index contributed by atoms with van der Waals surface area (Å²) in [6.07, 6.45) is 1.60. The van der Waals surface area contributed by atoms with E-state index in [2.05, 4.69) is 10.5 Å². The first-order valence-corrected chi connectivity index (χ1v) is 6.24. The SMILES string of the molecule is COc1ccc(/C=N/NC(=O)c2ccccc2)cc1C. The predicted molar refractivity (Wildman–Crippen MR) is 79.2 cm³/mol. The second kappa shape index (κ2) is 6.52. The lowest BCUT2D eigenvalue weighted by Gasteiger charge is -2.04. The number of ether oxygens (including phenoxy) is 1. The first-order chi connectivity index (χ1) is 9.70. The van der Waals surface area contributed by atoms with E-state index in [1.165, 1.54) is 0 Å². The molecular weight excluding hydrogens is 252 g/mol. The highest BCUT2D eigenvalue weighted by molar-refractivity contribution is 5.94. The Labute approximate surface area is 118 Å². The van der Waals surface area contributed by atoms with Crippen molar-refractivity contribution in [1.82, 2.24) is 5.43 Å². The fourth-order valence-electron chi connectivity index (χ4n) is 1.80. The lowest BCUT2D eigenvalue weighted by atomic mass is 10.1. The number of carbonyl (C=O) groups is 1. The molecule has 102 valence electrons. The minimum Gasteiger partial charge on any atom is -0.496 e. The number of carbonyl (C=O) groups excluding carboxylic acids is 1. The van der Waals surface area contributed by atoms with Gasteiger partial charge < -0.3 is 4.74 Å². The molecule has 0 aliphatic carbocycles. The van der Waals surface area contributed by atoms with Gasteiger partial charge in [-0.25, -0.2) is 5.43 Å². The predicted octanol–water partition coefficient (Wildman–Crippen LogP) is 2.77. The molecule has 0 unspecified atom stereocenters. The Morgan fingerprint density at radius 1 is 1.20 bits per heavy atom. The molecule has 4 heteroatoms. The summed E-state index contributed by atoms with van der Waals surface area (Å²) in [5.74, 6) is 0.600. The van der Waals surface area contributed by atoms with E-state index >= 15 is 0 Å². The van der Waals surface area contributed by atoms with Gasteiger partial charge >= 0.3 is 0 Å². The summed E-state index contributed by atoms with van der Waals surface area (Å²) < 4.78 is 5.19. The molecule has 0 aliphatic rings. The Hall–Kier alpha value is -2.62. The van der Waals surface area contributed by atoms with Crippen LogP contribution in [0.4, 0.5) is 0 Å². The summed E-state index contributed by atoms with van der Waals surface area (Å²) in [5.41, 5.74) is 4.99. The van der Waals surface area contributed by atoms with Crippen LogP contribution in [0.1, 0.15) is 21.5 Å². The number of aryl methyl sites for hydroxylation is 1. The van der Waals surface area contributed by atoms with E-state index < -0.39 is 0 Å². The van der Waals surface area contributed by atoms with Gasteiger partial charge in [-0.15, -0.1) is 0 Å². The Morgan fingerprint density at radius 2 is 1.95 bits per heavy atom. The van der Waals surface area contributed by atoms with Gasteiger partial charge in [0.05, 0.1) is 13.3 Å². The van der Waals surface area contributed by atoms with Crippen molar-refractivity contribution in [2.45, 2.75) is 6.92 Å². The number of hydrogen-bond acceptors (Lipinski definition) is 3. The van der Waals surface area contributed by atoms with Crippen LogP contribution in [0.15, 0.2) is 53.6 Å². The van der Waals surface area contributed by atoms with Crippen LogP contribution in [0.2, 0.25) is 0 Å². The van der Waals surface area contributed by atoms with Crippen molar-refractivity contribution < 1.29 is 9.53 Å². The van der Waals surface area contributed by atoms with E-state index in [0.29, 0.717) is 5.56 Å². The highest BCUT2D eigenvalue weighted by atomic mass is 16.5. The molecule has 0 saturated heterocycles. The third-order valence-corrected chi connectivity index (χ3v) is 2.83. The Balaban J connectivity index is 2.00. The highest BCUT2D eigenvalue weighted by Gasteiger charge is 2.02. The van der Waals surface area contributed by atoms with Crippen molar-refractivity contribution in [2.75, 3.05) is 7.11 Å². The van der Waals surface area contributed by atoms with E-state index in [0.717, 1.165) is 16.9 Å². The number of hydrazone groups is 1. The van der Waals surface area contributed by atoms with E-state index in [-0.39, 0.29) is 5.91 Å². The van der Waals surface area contributed by atoms with Gasteiger partial charge in [0, 0.05) is 5.56 Å². The molecule has 1 amide bonds. The molecule has 2 rings (SSSR count). The second-order valence-electron chi connectivity index (χ2n) is 4.29. The number of rotatable bonds is 4. The Bertz CT molecular complexity index is 622. The number of hydrogen-bond donors (Lipinski definition) is 1. The number of amides is 1. The van der Waals surface area contributed by atoms with Crippen LogP contribution in [0.25, 0.3) is 0 Å². The van der Waals surface area contributed by atoms with Gasteiger partial charge in [-0.2, -0.15) is 5.10 Å². The van der Waals surface area contributed by atoms with Gasteiger partial charge in [-0.3, -0.25) is 4.79 Å². The van der Waals surface area contributed by atoms with Crippen molar-refractivity contribution in [2.24, 2.45) is 5.10 Å². The maximum Gasteiger partial charge on any atom is 0.271 e. The standard InChI is InChI=1S/C16H16N2O2/c1-12-10-13(8-9-15(12)20-2)11-17-18-16(19)14-6-4-3-5-7-14/h3-11H,1-2H3,(H,18,19)/b17-11+. The zero-order chi connectivity index (χ0) is 14.4.